The summed E-state index contributed by atoms with van der Waals surface area (Å²) in [5, 5.41) is 16.2. The summed E-state index contributed by atoms with van der Waals surface area (Å²) < 4.78 is 6.92. The van der Waals surface area contributed by atoms with Crippen molar-refractivity contribution in [1.29, 1.82) is 0 Å². The minimum atomic E-state index is -0.824. The predicted octanol–water partition coefficient (Wildman–Crippen LogP) is 3.43. The maximum Gasteiger partial charge on any atom is 0.269 e. The van der Waals surface area contributed by atoms with Gasteiger partial charge in [0.1, 0.15) is 0 Å². The van der Waals surface area contributed by atoms with Gasteiger partial charge in [0.05, 0.1) is 11.5 Å². The zero-order valence-electron chi connectivity index (χ0n) is 16.5. The number of aryl methyl sites for hydroxylation is 1. The number of ether oxygens (including phenoxy) is 1. The third-order valence-electron chi connectivity index (χ3n) is 4.54. The number of amides is 2. The van der Waals surface area contributed by atoms with Gasteiger partial charge in [0, 0.05) is 40.8 Å². The highest BCUT2D eigenvalue weighted by atomic mass is 127. The van der Waals surface area contributed by atoms with Crippen LogP contribution in [0.15, 0.2) is 47.6 Å². The Bertz CT molecular complexity index is 1040. The maximum atomic E-state index is 12.4. The SMILES string of the molecule is CC(=O)N(CC1OC(c2ccc([N+](=O)[O-])cc2)=NN1C(C)=O)c1ccc(I)cc1C. The molecule has 0 saturated heterocycles. The summed E-state index contributed by atoms with van der Waals surface area (Å²) in [5.74, 6) is -0.386. The monoisotopic (exact) mass is 522 g/mol. The molecule has 2 aromatic rings. The molecule has 2 aromatic carbocycles. The van der Waals surface area contributed by atoms with Gasteiger partial charge in [0.25, 0.3) is 5.69 Å². The number of nitro benzene ring substituents is 1. The molecule has 0 bridgehead atoms. The topological polar surface area (TPSA) is 105 Å². The Balaban J connectivity index is 1.86. The zero-order chi connectivity index (χ0) is 22.0. The van der Waals surface area contributed by atoms with E-state index in [1.54, 1.807) is 4.90 Å². The van der Waals surface area contributed by atoms with Gasteiger partial charge < -0.3 is 9.64 Å². The van der Waals surface area contributed by atoms with Crippen molar-refractivity contribution >= 4 is 51.7 Å². The Morgan fingerprint density at radius 3 is 2.43 bits per heavy atom. The maximum absolute atomic E-state index is 12.4. The highest BCUT2D eigenvalue weighted by molar-refractivity contribution is 14.1. The van der Waals surface area contributed by atoms with Crippen LogP contribution in [0.25, 0.3) is 0 Å². The summed E-state index contributed by atoms with van der Waals surface area (Å²) in [6, 6.07) is 11.4. The normalized spacial score (nSPS) is 15.4. The summed E-state index contributed by atoms with van der Waals surface area (Å²) in [6.45, 7) is 4.79. The standard InChI is InChI=1S/C20H19IN4O5/c1-12-10-16(21)6-9-18(12)23(13(2)26)11-19-24(14(3)27)22-20(30-19)15-4-7-17(8-5-15)25(28)29/h4-10,19H,11H2,1-3H3. The molecule has 1 aliphatic rings. The summed E-state index contributed by atoms with van der Waals surface area (Å²) >= 11 is 2.20. The third-order valence-corrected chi connectivity index (χ3v) is 5.21. The van der Waals surface area contributed by atoms with Crippen molar-refractivity contribution in [1.82, 2.24) is 5.01 Å². The fourth-order valence-electron chi connectivity index (χ4n) is 3.08. The summed E-state index contributed by atoms with van der Waals surface area (Å²) in [5.41, 5.74) is 2.07. The van der Waals surface area contributed by atoms with Crippen LogP contribution in [0.1, 0.15) is 25.0 Å². The van der Waals surface area contributed by atoms with Crippen LogP contribution in [-0.2, 0) is 14.3 Å². The molecule has 9 nitrogen and oxygen atoms in total. The van der Waals surface area contributed by atoms with E-state index in [-0.39, 0.29) is 29.9 Å². The van der Waals surface area contributed by atoms with Gasteiger partial charge in [-0.2, -0.15) is 5.01 Å². The van der Waals surface area contributed by atoms with E-state index in [1.807, 2.05) is 25.1 Å². The van der Waals surface area contributed by atoms with Crippen LogP contribution in [0.3, 0.4) is 0 Å². The molecular formula is C20H19IN4O5. The average Bonchev–Trinajstić information content (AvgIpc) is 3.11. The molecule has 1 aliphatic heterocycles. The molecule has 0 aromatic heterocycles. The van der Waals surface area contributed by atoms with Crippen molar-refractivity contribution in [2.24, 2.45) is 5.10 Å². The van der Waals surface area contributed by atoms with Crippen LogP contribution in [0.5, 0.6) is 0 Å². The number of rotatable bonds is 5. The van der Waals surface area contributed by atoms with Crippen LogP contribution < -0.4 is 4.90 Å². The molecule has 0 spiro atoms. The quantitative estimate of drug-likeness (QED) is 0.340. The first-order chi connectivity index (χ1) is 14.2. The Labute approximate surface area is 186 Å². The van der Waals surface area contributed by atoms with Gasteiger partial charge in [-0.15, -0.1) is 5.10 Å². The van der Waals surface area contributed by atoms with Gasteiger partial charge >= 0.3 is 0 Å². The first-order valence-electron chi connectivity index (χ1n) is 9.01. The molecular weight excluding hydrogens is 503 g/mol. The highest BCUT2D eigenvalue weighted by Crippen LogP contribution is 2.26. The first-order valence-corrected chi connectivity index (χ1v) is 10.1. The van der Waals surface area contributed by atoms with Crippen molar-refractivity contribution in [3.63, 3.8) is 0 Å². The summed E-state index contributed by atoms with van der Waals surface area (Å²) in [7, 11) is 0. The van der Waals surface area contributed by atoms with E-state index in [4.69, 9.17) is 4.74 Å². The number of nitro groups is 1. The van der Waals surface area contributed by atoms with Crippen molar-refractivity contribution in [2.75, 3.05) is 11.4 Å². The minimum Gasteiger partial charge on any atom is -0.448 e. The van der Waals surface area contributed by atoms with Gasteiger partial charge in [-0.05, 0) is 65.4 Å². The van der Waals surface area contributed by atoms with Crippen LogP contribution in [-0.4, -0.2) is 40.4 Å². The lowest BCUT2D eigenvalue weighted by Crippen LogP contribution is -2.44. The van der Waals surface area contributed by atoms with E-state index in [0.717, 1.165) is 14.8 Å². The van der Waals surface area contributed by atoms with Gasteiger partial charge in [-0.1, -0.05) is 0 Å². The number of anilines is 1. The fraction of sp³-hybridized carbons (Fsp3) is 0.250. The Morgan fingerprint density at radius 2 is 1.90 bits per heavy atom. The number of carbonyl (C=O) groups is 2. The van der Waals surface area contributed by atoms with E-state index in [0.29, 0.717) is 5.56 Å². The molecule has 0 N–H and O–H groups in total. The van der Waals surface area contributed by atoms with Gasteiger partial charge in [-0.25, -0.2) is 0 Å². The number of carbonyl (C=O) groups excluding carboxylic acids is 2. The zero-order valence-corrected chi connectivity index (χ0v) is 18.7. The van der Waals surface area contributed by atoms with Gasteiger partial charge in [-0.3, -0.25) is 19.7 Å². The summed E-state index contributed by atoms with van der Waals surface area (Å²) in [6.07, 6.45) is -0.824. The van der Waals surface area contributed by atoms with Crippen LogP contribution >= 0.6 is 22.6 Å². The van der Waals surface area contributed by atoms with Gasteiger partial charge in [0.2, 0.25) is 23.9 Å². The van der Waals surface area contributed by atoms with Crippen molar-refractivity contribution < 1.29 is 19.2 Å². The molecule has 3 rings (SSSR count). The molecule has 1 heterocycles. The lowest BCUT2D eigenvalue weighted by atomic mass is 10.1. The number of halogens is 1. The van der Waals surface area contributed by atoms with E-state index < -0.39 is 11.2 Å². The van der Waals surface area contributed by atoms with E-state index in [2.05, 4.69) is 27.7 Å². The molecule has 10 heteroatoms. The largest absolute Gasteiger partial charge is 0.448 e. The second-order valence-electron chi connectivity index (χ2n) is 6.71. The van der Waals surface area contributed by atoms with Gasteiger partial charge in [0.15, 0.2) is 0 Å². The van der Waals surface area contributed by atoms with Crippen molar-refractivity contribution in [3.8, 4) is 0 Å². The molecule has 0 fully saturated rings. The Hall–Kier alpha value is -3.02. The molecule has 0 radical (unpaired) electrons. The molecule has 1 atom stereocenters. The lowest BCUT2D eigenvalue weighted by molar-refractivity contribution is -0.384. The Morgan fingerprint density at radius 1 is 1.23 bits per heavy atom. The molecule has 1 unspecified atom stereocenters. The molecule has 156 valence electrons. The molecule has 2 amide bonds. The van der Waals surface area contributed by atoms with Crippen molar-refractivity contribution in [3.05, 3.63) is 67.3 Å². The number of nitrogens with zero attached hydrogens (tertiary/aromatic N) is 4. The number of non-ortho nitro benzene ring substituents is 1. The van der Waals surface area contributed by atoms with E-state index >= 15 is 0 Å². The molecule has 30 heavy (non-hydrogen) atoms. The third kappa shape index (κ3) is 4.58. The lowest BCUT2D eigenvalue weighted by Gasteiger charge is -2.28. The fourth-order valence-corrected chi connectivity index (χ4v) is 3.73. The Kier molecular flexibility index (Phi) is 6.34. The number of hydrazone groups is 1. The minimum absolute atomic E-state index is 0.0609. The number of hydrogen-bond donors (Lipinski definition) is 0. The number of benzene rings is 2. The van der Waals surface area contributed by atoms with E-state index in [9.17, 15) is 19.7 Å². The van der Waals surface area contributed by atoms with Crippen LogP contribution in [0.4, 0.5) is 11.4 Å². The predicted molar refractivity (Wildman–Crippen MR) is 119 cm³/mol. The first kappa shape index (κ1) is 21.7. The van der Waals surface area contributed by atoms with Crippen molar-refractivity contribution in [2.45, 2.75) is 27.0 Å². The van der Waals surface area contributed by atoms with E-state index in [1.165, 1.54) is 43.1 Å². The van der Waals surface area contributed by atoms with Crippen LogP contribution in [0, 0.1) is 20.6 Å². The summed E-state index contributed by atoms with van der Waals surface area (Å²) in [4.78, 5) is 36.4. The average molecular weight is 522 g/mol. The smallest absolute Gasteiger partial charge is 0.269 e. The highest BCUT2D eigenvalue weighted by Gasteiger charge is 2.34. The second-order valence-corrected chi connectivity index (χ2v) is 7.95. The second kappa shape index (κ2) is 8.78. The number of hydrogen-bond acceptors (Lipinski definition) is 6. The molecule has 0 saturated carbocycles. The molecule has 0 aliphatic carbocycles. The van der Waals surface area contributed by atoms with Crippen LogP contribution in [0.2, 0.25) is 0 Å².